The number of carbonyl (C=O) groups excluding carboxylic acids is 1. The van der Waals surface area contributed by atoms with Crippen LogP contribution in [0, 0.1) is 18.3 Å². The molecule has 0 radical (unpaired) electrons. The van der Waals surface area contributed by atoms with E-state index in [2.05, 4.69) is 10.9 Å². The highest BCUT2D eigenvalue weighted by Gasteiger charge is 2.39. The molecule has 2 heterocycles. The number of esters is 1. The van der Waals surface area contributed by atoms with Gasteiger partial charge in [0.2, 0.25) is 0 Å². The van der Waals surface area contributed by atoms with Crippen LogP contribution in [-0.4, -0.2) is 36.3 Å². The highest BCUT2D eigenvalue weighted by atomic mass is 16.5. The largest absolute Gasteiger partial charge is 0.508 e. The summed E-state index contributed by atoms with van der Waals surface area (Å²) in [5, 5.41) is 9.48. The second-order valence-corrected chi connectivity index (χ2v) is 5.76. The zero-order valence-corrected chi connectivity index (χ0v) is 13.3. The number of methoxy groups -OCH3 is 1. The average molecular weight is 322 g/mol. The van der Waals surface area contributed by atoms with Gasteiger partial charge in [-0.05, 0) is 29.8 Å². The minimum absolute atomic E-state index is 0.0330. The molecule has 1 fully saturated rings. The zero-order chi connectivity index (χ0) is 17.1. The molecule has 1 aromatic heterocycles. The Bertz CT molecular complexity index is 780. The van der Waals surface area contributed by atoms with Gasteiger partial charge in [-0.3, -0.25) is 4.79 Å². The van der Waals surface area contributed by atoms with Crippen molar-refractivity contribution >= 4 is 11.8 Å². The van der Waals surface area contributed by atoms with Crippen molar-refractivity contribution < 1.29 is 14.6 Å². The summed E-state index contributed by atoms with van der Waals surface area (Å²) in [6.07, 6.45) is 5.42. The van der Waals surface area contributed by atoms with Crippen LogP contribution in [0.15, 0.2) is 42.5 Å². The predicted molar refractivity (Wildman–Crippen MR) is 90.7 cm³/mol. The first-order valence-electron chi connectivity index (χ1n) is 7.67. The molecule has 5 heteroatoms. The second-order valence-electron chi connectivity index (χ2n) is 5.76. The maximum Gasteiger partial charge on any atom is 0.311 e. The zero-order valence-electron chi connectivity index (χ0n) is 13.3. The summed E-state index contributed by atoms with van der Waals surface area (Å²) in [4.78, 5) is 18.7. The number of hydrogen-bond donors (Lipinski definition) is 1. The van der Waals surface area contributed by atoms with Crippen molar-refractivity contribution in [3.8, 4) is 18.1 Å². The highest BCUT2D eigenvalue weighted by Crippen LogP contribution is 2.36. The van der Waals surface area contributed by atoms with Crippen molar-refractivity contribution in [1.82, 2.24) is 4.98 Å². The maximum atomic E-state index is 12.2. The van der Waals surface area contributed by atoms with E-state index in [0.717, 1.165) is 11.4 Å². The normalized spacial score (nSPS) is 19.8. The Morgan fingerprint density at radius 3 is 2.71 bits per heavy atom. The van der Waals surface area contributed by atoms with Crippen molar-refractivity contribution in [2.45, 2.75) is 5.92 Å². The summed E-state index contributed by atoms with van der Waals surface area (Å²) >= 11 is 0. The lowest BCUT2D eigenvalue weighted by Gasteiger charge is -2.17. The molecule has 0 unspecified atom stereocenters. The molecule has 2 aromatic rings. The Balaban J connectivity index is 1.91. The molecule has 3 rings (SSSR count). The van der Waals surface area contributed by atoms with E-state index >= 15 is 0 Å². The van der Waals surface area contributed by atoms with E-state index in [9.17, 15) is 9.90 Å². The Hall–Kier alpha value is -3.00. The first kappa shape index (κ1) is 15.9. The minimum atomic E-state index is -0.296. The lowest BCUT2D eigenvalue weighted by molar-refractivity contribution is -0.145. The van der Waals surface area contributed by atoms with Crippen molar-refractivity contribution in [3.05, 3.63) is 53.7 Å². The van der Waals surface area contributed by atoms with Gasteiger partial charge in [0.25, 0.3) is 0 Å². The van der Waals surface area contributed by atoms with Gasteiger partial charge in [-0.25, -0.2) is 4.98 Å². The summed E-state index contributed by atoms with van der Waals surface area (Å²) in [5.74, 6) is 2.90. The van der Waals surface area contributed by atoms with E-state index in [1.165, 1.54) is 7.11 Å². The molecule has 122 valence electrons. The van der Waals surface area contributed by atoms with Gasteiger partial charge in [-0.2, -0.15) is 0 Å². The number of anilines is 1. The SMILES string of the molecule is C#Cc1cccc(N2C[C@@H](C(=O)OC)[C@H](c3ccc(O)cc3)C2)n1. The van der Waals surface area contributed by atoms with Crippen LogP contribution in [0.1, 0.15) is 17.2 Å². The fraction of sp³-hybridized carbons (Fsp3) is 0.263. The van der Waals surface area contributed by atoms with Gasteiger partial charge in [0, 0.05) is 19.0 Å². The number of phenols is 1. The van der Waals surface area contributed by atoms with Crippen LogP contribution in [0.2, 0.25) is 0 Å². The van der Waals surface area contributed by atoms with Gasteiger partial charge >= 0.3 is 5.97 Å². The van der Waals surface area contributed by atoms with Crippen LogP contribution >= 0.6 is 0 Å². The number of phenolic OH excluding ortho intramolecular Hbond substituents is 1. The number of hydrogen-bond acceptors (Lipinski definition) is 5. The van der Waals surface area contributed by atoms with E-state index in [-0.39, 0.29) is 23.6 Å². The third-order valence-corrected chi connectivity index (χ3v) is 4.35. The Morgan fingerprint density at radius 2 is 2.04 bits per heavy atom. The number of ether oxygens (including phenoxy) is 1. The van der Waals surface area contributed by atoms with Crippen LogP contribution in [0.3, 0.4) is 0 Å². The lowest BCUT2D eigenvalue weighted by Crippen LogP contribution is -2.25. The minimum Gasteiger partial charge on any atom is -0.508 e. The predicted octanol–water partition coefficient (Wildman–Crippen LogP) is 2.16. The number of pyridine rings is 1. The molecule has 1 aliphatic heterocycles. The first-order valence-corrected chi connectivity index (χ1v) is 7.67. The lowest BCUT2D eigenvalue weighted by atomic mass is 9.89. The van der Waals surface area contributed by atoms with Gasteiger partial charge in [0.15, 0.2) is 0 Å². The number of benzene rings is 1. The van der Waals surface area contributed by atoms with E-state index in [0.29, 0.717) is 18.8 Å². The highest BCUT2D eigenvalue weighted by molar-refractivity contribution is 5.76. The van der Waals surface area contributed by atoms with Gasteiger partial charge < -0.3 is 14.7 Å². The van der Waals surface area contributed by atoms with Gasteiger partial charge in [0.05, 0.1) is 13.0 Å². The van der Waals surface area contributed by atoms with Crippen LogP contribution in [0.4, 0.5) is 5.82 Å². The van der Waals surface area contributed by atoms with Crippen molar-refractivity contribution in [2.24, 2.45) is 5.92 Å². The molecule has 0 saturated carbocycles. The average Bonchev–Trinajstić information content (AvgIpc) is 3.07. The third-order valence-electron chi connectivity index (χ3n) is 4.35. The molecule has 0 bridgehead atoms. The number of terminal acetylenes is 1. The Labute approximate surface area is 140 Å². The van der Waals surface area contributed by atoms with Crippen LogP contribution in [-0.2, 0) is 9.53 Å². The number of rotatable bonds is 3. The van der Waals surface area contributed by atoms with Crippen LogP contribution < -0.4 is 4.90 Å². The molecule has 2 atom stereocenters. The Kier molecular flexibility index (Phi) is 4.39. The molecule has 24 heavy (non-hydrogen) atoms. The monoisotopic (exact) mass is 322 g/mol. The molecule has 1 N–H and O–H groups in total. The number of nitrogens with zero attached hydrogens (tertiary/aromatic N) is 2. The number of aromatic hydroxyl groups is 1. The van der Waals surface area contributed by atoms with Crippen LogP contribution in [0.5, 0.6) is 5.75 Å². The molecular weight excluding hydrogens is 304 g/mol. The van der Waals surface area contributed by atoms with Gasteiger partial charge in [0.1, 0.15) is 17.3 Å². The number of aromatic nitrogens is 1. The quantitative estimate of drug-likeness (QED) is 0.693. The standard InChI is InChI=1S/C19H18N2O3/c1-3-14-5-4-6-18(20-14)21-11-16(17(12-21)19(23)24-2)13-7-9-15(22)10-8-13/h1,4-10,16-17,22H,11-12H2,2H3/t16-,17+/m0/s1. The summed E-state index contributed by atoms with van der Waals surface area (Å²) in [5.41, 5.74) is 1.55. The molecule has 5 nitrogen and oxygen atoms in total. The molecule has 1 aromatic carbocycles. The topological polar surface area (TPSA) is 62.7 Å². The second kappa shape index (κ2) is 6.63. The smallest absolute Gasteiger partial charge is 0.311 e. The van der Waals surface area contributed by atoms with Crippen molar-refractivity contribution in [3.63, 3.8) is 0 Å². The van der Waals surface area contributed by atoms with Gasteiger partial charge in [-0.1, -0.05) is 24.1 Å². The Morgan fingerprint density at radius 1 is 1.29 bits per heavy atom. The molecular formula is C19H18N2O3. The fourth-order valence-corrected chi connectivity index (χ4v) is 3.12. The maximum absolute atomic E-state index is 12.2. The first-order chi connectivity index (χ1) is 11.6. The van der Waals surface area contributed by atoms with Gasteiger partial charge in [-0.15, -0.1) is 6.42 Å². The van der Waals surface area contributed by atoms with Crippen LogP contribution in [0.25, 0.3) is 0 Å². The molecule has 1 saturated heterocycles. The van der Waals surface area contributed by atoms with Crippen molar-refractivity contribution in [1.29, 1.82) is 0 Å². The van der Waals surface area contributed by atoms with E-state index < -0.39 is 0 Å². The molecule has 0 amide bonds. The summed E-state index contributed by atoms with van der Waals surface area (Å²) in [7, 11) is 1.40. The summed E-state index contributed by atoms with van der Waals surface area (Å²) in [6, 6.07) is 12.4. The summed E-state index contributed by atoms with van der Waals surface area (Å²) < 4.78 is 4.97. The fourth-order valence-electron chi connectivity index (χ4n) is 3.12. The number of carbonyl (C=O) groups is 1. The van der Waals surface area contributed by atoms with E-state index in [1.54, 1.807) is 18.2 Å². The van der Waals surface area contributed by atoms with E-state index in [4.69, 9.17) is 11.2 Å². The summed E-state index contributed by atoms with van der Waals surface area (Å²) in [6.45, 7) is 1.14. The molecule has 1 aliphatic rings. The molecule has 0 aliphatic carbocycles. The third kappa shape index (κ3) is 3.04. The van der Waals surface area contributed by atoms with E-state index in [1.807, 2.05) is 29.2 Å². The molecule has 0 spiro atoms. The van der Waals surface area contributed by atoms with Crippen molar-refractivity contribution in [2.75, 3.05) is 25.1 Å².